The van der Waals surface area contributed by atoms with Crippen LogP contribution in [0.4, 0.5) is 0 Å². The number of nitrogens with one attached hydrogen (secondary N) is 1. The average Bonchev–Trinajstić information content (AvgIpc) is 2.71. The molecule has 0 spiro atoms. The molecular weight excluding hydrogens is 270 g/mol. The van der Waals surface area contributed by atoms with Crippen LogP contribution in [0.15, 0.2) is 6.07 Å². The lowest BCUT2D eigenvalue weighted by molar-refractivity contribution is 0.0408. The molecule has 0 unspecified atom stereocenters. The molecule has 1 rings (SSSR count). The van der Waals surface area contributed by atoms with Crippen LogP contribution in [0.2, 0.25) is 0 Å². The third-order valence-electron chi connectivity index (χ3n) is 2.84. The van der Waals surface area contributed by atoms with Crippen LogP contribution >= 0.6 is 11.3 Å². The first kappa shape index (κ1) is 17.6. The van der Waals surface area contributed by atoms with E-state index in [9.17, 15) is 0 Å². The smallest absolute Gasteiger partial charge is 0.0728 e. The largest absolute Gasteiger partial charge is 0.379 e. The van der Waals surface area contributed by atoms with Gasteiger partial charge in [-0.15, -0.1) is 11.3 Å². The lowest BCUT2D eigenvalue weighted by Crippen LogP contribution is -2.34. The molecule has 0 bridgehead atoms. The van der Waals surface area contributed by atoms with Crippen LogP contribution in [0.3, 0.4) is 0 Å². The normalized spacial score (nSPS) is 12.1. The van der Waals surface area contributed by atoms with E-state index < -0.39 is 0 Å². The molecule has 1 N–H and O–H groups in total. The summed E-state index contributed by atoms with van der Waals surface area (Å²) < 4.78 is 11.1. The zero-order valence-electron chi connectivity index (χ0n) is 13.5. The minimum Gasteiger partial charge on any atom is -0.379 e. The highest BCUT2D eigenvalue weighted by atomic mass is 32.1. The van der Waals surface area contributed by atoms with Crippen molar-refractivity contribution in [2.45, 2.75) is 59.7 Å². The molecule has 116 valence electrons. The Morgan fingerprint density at radius 2 is 1.85 bits per heavy atom. The van der Waals surface area contributed by atoms with Crippen LogP contribution in [0.25, 0.3) is 0 Å². The lowest BCUT2D eigenvalue weighted by Gasteiger charge is -2.19. The summed E-state index contributed by atoms with van der Waals surface area (Å²) in [7, 11) is 0. The van der Waals surface area contributed by atoms with E-state index in [4.69, 9.17) is 9.47 Å². The number of rotatable bonds is 9. The van der Waals surface area contributed by atoms with Gasteiger partial charge in [0.25, 0.3) is 0 Å². The monoisotopic (exact) mass is 299 g/mol. The zero-order valence-corrected chi connectivity index (χ0v) is 14.4. The molecule has 0 aromatic carbocycles. The Kier molecular flexibility index (Phi) is 7.74. The summed E-state index contributed by atoms with van der Waals surface area (Å²) in [6.07, 6.45) is 1.06. The van der Waals surface area contributed by atoms with Gasteiger partial charge >= 0.3 is 0 Å². The Labute approximate surface area is 127 Å². The van der Waals surface area contributed by atoms with Crippen molar-refractivity contribution in [3.05, 3.63) is 21.4 Å². The molecule has 0 atom stereocenters. The van der Waals surface area contributed by atoms with E-state index in [1.54, 1.807) is 0 Å². The molecule has 4 heteroatoms. The SMILES string of the molecule is CCCOCCOCc1cc(CNC(C)(C)C)sc1C. The third kappa shape index (κ3) is 7.39. The molecule has 0 radical (unpaired) electrons. The molecule has 0 aliphatic rings. The summed E-state index contributed by atoms with van der Waals surface area (Å²) >= 11 is 1.85. The lowest BCUT2D eigenvalue weighted by atomic mass is 10.1. The molecule has 0 amide bonds. The van der Waals surface area contributed by atoms with E-state index in [-0.39, 0.29) is 5.54 Å². The summed E-state index contributed by atoms with van der Waals surface area (Å²) in [6, 6.07) is 2.26. The first-order valence-electron chi connectivity index (χ1n) is 7.41. The van der Waals surface area contributed by atoms with Gasteiger partial charge in [-0.2, -0.15) is 0 Å². The molecule has 0 aliphatic heterocycles. The van der Waals surface area contributed by atoms with Crippen LogP contribution in [0.5, 0.6) is 0 Å². The number of hydrogen-bond acceptors (Lipinski definition) is 4. The number of aryl methyl sites for hydroxylation is 1. The summed E-state index contributed by atoms with van der Waals surface area (Å²) in [5, 5.41) is 3.52. The van der Waals surface area contributed by atoms with E-state index in [0.29, 0.717) is 19.8 Å². The van der Waals surface area contributed by atoms with E-state index in [2.05, 4.69) is 46.0 Å². The van der Waals surface area contributed by atoms with Crippen molar-refractivity contribution >= 4 is 11.3 Å². The minimum absolute atomic E-state index is 0.158. The maximum absolute atomic E-state index is 5.67. The van der Waals surface area contributed by atoms with E-state index >= 15 is 0 Å². The second-order valence-electron chi connectivity index (χ2n) is 6.06. The Morgan fingerprint density at radius 1 is 1.15 bits per heavy atom. The van der Waals surface area contributed by atoms with Crippen LogP contribution < -0.4 is 5.32 Å². The van der Waals surface area contributed by atoms with Crippen LogP contribution in [-0.4, -0.2) is 25.4 Å². The maximum Gasteiger partial charge on any atom is 0.0728 e. The molecule has 1 heterocycles. The van der Waals surface area contributed by atoms with Crippen molar-refractivity contribution < 1.29 is 9.47 Å². The molecule has 0 saturated carbocycles. The summed E-state index contributed by atoms with van der Waals surface area (Å²) in [6.45, 7) is 14.6. The second kappa shape index (κ2) is 8.78. The van der Waals surface area contributed by atoms with Gasteiger partial charge in [0.15, 0.2) is 0 Å². The van der Waals surface area contributed by atoms with E-state index in [1.807, 2.05) is 11.3 Å². The standard InChI is InChI=1S/C16H29NO2S/c1-6-7-18-8-9-19-12-14-10-15(20-13(14)2)11-17-16(3,4)5/h10,17H,6-9,11-12H2,1-5H3. The molecule has 0 saturated heterocycles. The van der Waals surface area contributed by atoms with Crippen molar-refractivity contribution in [3.8, 4) is 0 Å². The van der Waals surface area contributed by atoms with Crippen molar-refractivity contribution in [3.63, 3.8) is 0 Å². The van der Waals surface area contributed by atoms with Crippen molar-refractivity contribution in [2.75, 3.05) is 19.8 Å². The van der Waals surface area contributed by atoms with Gasteiger partial charge < -0.3 is 14.8 Å². The molecule has 0 aliphatic carbocycles. The van der Waals surface area contributed by atoms with Gasteiger partial charge in [0.05, 0.1) is 19.8 Å². The fraction of sp³-hybridized carbons (Fsp3) is 0.750. The van der Waals surface area contributed by atoms with Gasteiger partial charge in [-0.05, 0) is 45.7 Å². The Morgan fingerprint density at radius 3 is 2.50 bits per heavy atom. The Bertz CT molecular complexity index is 382. The van der Waals surface area contributed by atoms with Crippen molar-refractivity contribution in [2.24, 2.45) is 0 Å². The van der Waals surface area contributed by atoms with Crippen LogP contribution in [-0.2, 0) is 22.6 Å². The molecule has 0 fully saturated rings. The van der Waals surface area contributed by atoms with Gasteiger partial charge in [-0.3, -0.25) is 0 Å². The number of ether oxygens (including phenoxy) is 2. The van der Waals surface area contributed by atoms with Gasteiger partial charge in [-0.25, -0.2) is 0 Å². The fourth-order valence-corrected chi connectivity index (χ4v) is 2.70. The van der Waals surface area contributed by atoms with Crippen LogP contribution in [0, 0.1) is 6.92 Å². The quantitative estimate of drug-likeness (QED) is 0.702. The van der Waals surface area contributed by atoms with E-state index in [1.165, 1.54) is 15.3 Å². The maximum atomic E-state index is 5.67. The molecule has 20 heavy (non-hydrogen) atoms. The first-order chi connectivity index (χ1) is 9.42. The predicted octanol–water partition coefficient (Wildman–Crippen LogP) is 3.89. The van der Waals surface area contributed by atoms with Gasteiger partial charge in [0.1, 0.15) is 0 Å². The number of hydrogen-bond donors (Lipinski definition) is 1. The van der Waals surface area contributed by atoms with Crippen molar-refractivity contribution in [1.82, 2.24) is 5.32 Å². The minimum atomic E-state index is 0.158. The summed E-state index contributed by atoms with van der Waals surface area (Å²) in [4.78, 5) is 2.73. The van der Waals surface area contributed by atoms with Crippen LogP contribution in [0.1, 0.15) is 49.4 Å². The summed E-state index contributed by atoms with van der Waals surface area (Å²) in [5.41, 5.74) is 1.46. The first-order valence-corrected chi connectivity index (χ1v) is 8.22. The van der Waals surface area contributed by atoms with Gasteiger partial charge in [0.2, 0.25) is 0 Å². The summed E-state index contributed by atoms with van der Waals surface area (Å²) in [5.74, 6) is 0. The van der Waals surface area contributed by atoms with Gasteiger partial charge in [0, 0.05) is 28.4 Å². The van der Waals surface area contributed by atoms with E-state index in [0.717, 1.165) is 19.6 Å². The topological polar surface area (TPSA) is 30.5 Å². The Hall–Kier alpha value is -0.420. The highest BCUT2D eigenvalue weighted by Gasteiger charge is 2.11. The Balaban J connectivity index is 2.30. The third-order valence-corrected chi connectivity index (χ3v) is 3.94. The van der Waals surface area contributed by atoms with Gasteiger partial charge in [-0.1, -0.05) is 6.92 Å². The predicted molar refractivity (Wildman–Crippen MR) is 86.4 cm³/mol. The fourth-order valence-electron chi connectivity index (χ4n) is 1.72. The highest BCUT2D eigenvalue weighted by Crippen LogP contribution is 2.22. The van der Waals surface area contributed by atoms with Crippen molar-refractivity contribution in [1.29, 1.82) is 0 Å². The highest BCUT2D eigenvalue weighted by molar-refractivity contribution is 7.12. The molecule has 1 aromatic rings. The molecular formula is C16H29NO2S. The second-order valence-corrected chi connectivity index (χ2v) is 7.40. The number of thiophene rings is 1. The molecule has 1 aromatic heterocycles. The zero-order chi connectivity index (χ0) is 15.0. The average molecular weight is 299 g/mol. The molecule has 3 nitrogen and oxygen atoms in total.